The van der Waals surface area contributed by atoms with Crippen molar-refractivity contribution in [3.63, 3.8) is 0 Å². The minimum atomic E-state index is -0.364. The number of carbonyl (C=O) groups excluding carboxylic acids is 1. The van der Waals surface area contributed by atoms with E-state index < -0.39 is 0 Å². The fourth-order valence-corrected chi connectivity index (χ4v) is 1.09. The molecule has 0 aliphatic heterocycles. The molecule has 0 aromatic carbocycles. The quantitative estimate of drug-likeness (QED) is 0.590. The van der Waals surface area contributed by atoms with Crippen molar-refractivity contribution >= 4 is 11.8 Å². The number of esters is 1. The summed E-state index contributed by atoms with van der Waals surface area (Å²) in [6.45, 7) is 6.26. The average Bonchev–Trinajstić information content (AvgIpc) is 2.27. The van der Waals surface area contributed by atoms with E-state index in [1.165, 1.54) is 0 Å². The number of nitrogens with zero attached hydrogens (tertiary/aromatic N) is 1. The highest BCUT2D eigenvalue weighted by Gasteiger charge is 2.11. The van der Waals surface area contributed by atoms with Gasteiger partial charge in [0.2, 0.25) is 0 Å². The van der Waals surface area contributed by atoms with Gasteiger partial charge in [-0.1, -0.05) is 6.08 Å². The van der Waals surface area contributed by atoms with Gasteiger partial charge in [-0.25, -0.2) is 9.78 Å². The molecule has 0 atom stereocenters. The van der Waals surface area contributed by atoms with Gasteiger partial charge < -0.3 is 10.1 Å². The van der Waals surface area contributed by atoms with Gasteiger partial charge in [0.25, 0.3) is 0 Å². The third-order valence-electron chi connectivity index (χ3n) is 1.72. The first kappa shape index (κ1) is 11.2. The molecule has 4 heteroatoms. The molecule has 0 aliphatic rings. The second-order valence-electron chi connectivity index (χ2n) is 2.79. The standard InChI is InChI=1S/C11H14N2O2/c1-3-7-12-10-9(6-5-8-13-10)11(14)15-4-2/h3,5-6,8H,1,4,7H2,2H3,(H,12,13). The summed E-state index contributed by atoms with van der Waals surface area (Å²) in [5.41, 5.74) is 0.446. The Labute approximate surface area is 89.0 Å². The molecule has 0 unspecified atom stereocenters. The van der Waals surface area contributed by atoms with E-state index in [1.807, 2.05) is 0 Å². The number of rotatable bonds is 5. The Morgan fingerprint density at radius 3 is 3.20 bits per heavy atom. The second-order valence-corrected chi connectivity index (χ2v) is 2.79. The van der Waals surface area contributed by atoms with E-state index in [2.05, 4.69) is 16.9 Å². The first-order valence-corrected chi connectivity index (χ1v) is 4.76. The highest BCUT2D eigenvalue weighted by molar-refractivity contribution is 5.94. The predicted molar refractivity (Wildman–Crippen MR) is 58.9 cm³/mol. The lowest BCUT2D eigenvalue weighted by molar-refractivity contribution is 0.0527. The molecular weight excluding hydrogens is 192 g/mol. The summed E-state index contributed by atoms with van der Waals surface area (Å²) in [6.07, 6.45) is 3.32. The van der Waals surface area contributed by atoms with Crippen LogP contribution in [0, 0.1) is 0 Å². The molecule has 0 radical (unpaired) electrons. The zero-order valence-corrected chi connectivity index (χ0v) is 8.69. The van der Waals surface area contributed by atoms with Crippen molar-refractivity contribution in [3.05, 3.63) is 36.5 Å². The van der Waals surface area contributed by atoms with Crippen LogP contribution in [0.15, 0.2) is 31.0 Å². The Hall–Kier alpha value is -1.84. The van der Waals surface area contributed by atoms with Crippen LogP contribution >= 0.6 is 0 Å². The third-order valence-corrected chi connectivity index (χ3v) is 1.72. The molecule has 0 fully saturated rings. The Bertz CT molecular complexity index is 350. The van der Waals surface area contributed by atoms with Crippen molar-refractivity contribution in [2.24, 2.45) is 0 Å². The van der Waals surface area contributed by atoms with Gasteiger partial charge >= 0.3 is 5.97 Å². The highest BCUT2D eigenvalue weighted by atomic mass is 16.5. The van der Waals surface area contributed by atoms with E-state index in [1.54, 1.807) is 31.3 Å². The van der Waals surface area contributed by atoms with E-state index in [4.69, 9.17) is 4.74 Å². The van der Waals surface area contributed by atoms with Crippen LogP contribution in [-0.2, 0) is 4.74 Å². The van der Waals surface area contributed by atoms with Gasteiger partial charge in [-0.2, -0.15) is 0 Å². The molecule has 0 amide bonds. The van der Waals surface area contributed by atoms with Crippen LogP contribution in [-0.4, -0.2) is 24.1 Å². The number of anilines is 1. The molecule has 1 rings (SSSR count). The monoisotopic (exact) mass is 206 g/mol. The molecule has 80 valence electrons. The molecule has 4 nitrogen and oxygen atoms in total. The molecule has 0 saturated heterocycles. The van der Waals surface area contributed by atoms with Crippen molar-refractivity contribution in [1.29, 1.82) is 0 Å². The normalized spacial score (nSPS) is 9.40. The van der Waals surface area contributed by atoms with Crippen LogP contribution in [0.4, 0.5) is 5.82 Å². The number of carbonyl (C=O) groups is 1. The summed E-state index contributed by atoms with van der Waals surface area (Å²) in [4.78, 5) is 15.6. The topological polar surface area (TPSA) is 51.2 Å². The fourth-order valence-electron chi connectivity index (χ4n) is 1.09. The van der Waals surface area contributed by atoms with E-state index in [-0.39, 0.29) is 5.97 Å². The van der Waals surface area contributed by atoms with Crippen LogP contribution in [0.3, 0.4) is 0 Å². The summed E-state index contributed by atoms with van der Waals surface area (Å²) in [7, 11) is 0. The summed E-state index contributed by atoms with van der Waals surface area (Å²) in [5.74, 6) is 0.160. The van der Waals surface area contributed by atoms with Crippen LogP contribution in [0.2, 0.25) is 0 Å². The van der Waals surface area contributed by atoms with Crippen molar-refractivity contribution in [2.75, 3.05) is 18.5 Å². The van der Waals surface area contributed by atoms with E-state index in [0.717, 1.165) is 0 Å². The maximum absolute atomic E-state index is 11.5. The lowest BCUT2D eigenvalue weighted by Crippen LogP contribution is -2.11. The first-order valence-electron chi connectivity index (χ1n) is 4.76. The molecule has 0 aliphatic carbocycles. The summed E-state index contributed by atoms with van der Waals surface area (Å²) in [5, 5.41) is 2.97. The summed E-state index contributed by atoms with van der Waals surface area (Å²) >= 11 is 0. The smallest absolute Gasteiger partial charge is 0.341 e. The predicted octanol–water partition coefficient (Wildman–Crippen LogP) is 1.86. The summed E-state index contributed by atoms with van der Waals surface area (Å²) in [6, 6.07) is 3.38. The highest BCUT2D eigenvalue weighted by Crippen LogP contribution is 2.12. The molecular formula is C11H14N2O2. The maximum Gasteiger partial charge on any atom is 0.341 e. The largest absolute Gasteiger partial charge is 0.462 e. The molecule has 1 heterocycles. The lowest BCUT2D eigenvalue weighted by Gasteiger charge is -2.07. The molecule has 0 saturated carbocycles. The molecule has 15 heavy (non-hydrogen) atoms. The van der Waals surface area contributed by atoms with Crippen LogP contribution in [0.5, 0.6) is 0 Å². The average molecular weight is 206 g/mol. The number of nitrogens with one attached hydrogen (secondary N) is 1. The van der Waals surface area contributed by atoms with Gasteiger partial charge in [0.1, 0.15) is 11.4 Å². The van der Waals surface area contributed by atoms with Gasteiger partial charge in [-0.15, -0.1) is 6.58 Å². The third kappa shape index (κ3) is 3.09. The Morgan fingerprint density at radius 2 is 2.53 bits per heavy atom. The van der Waals surface area contributed by atoms with Gasteiger partial charge in [0, 0.05) is 12.7 Å². The lowest BCUT2D eigenvalue weighted by atomic mass is 10.2. The number of hydrogen-bond acceptors (Lipinski definition) is 4. The number of aromatic nitrogens is 1. The molecule has 0 bridgehead atoms. The van der Waals surface area contributed by atoms with Gasteiger partial charge in [-0.05, 0) is 19.1 Å². The Morgan fingerprint density at radius 1 is 1.73 bits per heavy atom. The van der Waals surface area contributed by atoms with Crippen molar-refractivity contribution in [3.8, 4) is 0 Å². The SMILES string of the molecule is C=CCNc1ncccc1C(=O)OCC. The van der Waals surface area contributed by atoms with Crippen LogP contribution in [0.1, 0.15) is 17.3 Å². The zero-order valence-electron chi connectivity index (χ0n) is 8.69. The Balaban J connectivity index is 2.85. The minimum absolute atomic E-state index is 0.356. The first-order chi connectivity index (χ1) is 7.29. The van der Waals surface area contributed by atoms with Crippen LogP contribution in [0.25, 0.3) is 0 Å². The fraction of sp³-hybridized carbons (Fsp3) is 0.273. The van der Waals surface area contributed by atoms with Gasteiger partial charge in [0.15, 0.2) is 0 Å². The number of pyridine rings is 1. The number of ether oxygens (including phenoxy) is 1. The van der Waals surface area contributed by atoms with Gasteiger partial charge in [0.05, 0.1) is 6.61 Å². The molecule has 1 aromatic rings. The van der Waals surface area contributed by atoms with E-state index in [9.17, 15) is 4.79 Å². The van der Waals surface area contributed by atoms with Crippen molar-refractivity contribution < 1.29 is 9.53 Å². The minimum Gasteiger partial charge on any atom is -0.462 e. The van der Waals surface area contributed by atoms with E-state index in [0.29, 0.717) is 24.5 Å². The molecule has 1 N–H and O–H groups in total. The van der Waals surface area contributed by atoms with Crippen molar-refractivity contribution in [2.45, 2.75) is 6.92 Å². The zero-order chi connectivity index (χ0) is 11.1. The molecule has 1 aromatic heterocycles. The van der Waals surface area contributed by atoms with Crippen LogP contribution < -0.4 is 5.32 Å². The number of hydrogen-bond donors (Lipinski definition) is 1. The summed E-state index contributed by atoms with van der Waals surface area (Å²) < 4.78 is 4.90. The van der Waals surface area contributed by atoms with Gasteiger partial charge in [-0.3, -0.25) is 0 Å². The Kier molecular flexibility index (Phi) is 4.34. The second kappa shape index (κ2) is 5.80. The molecule has 0 spiro atoms. The van der Waals surface area contributed by atoms with E-state index >= 15 is 0 Å². The van der Waals surface area contributed by atoms with Crippen molar-refractivity contribution in [1.82, 2.24) is 4.98 Å². The maximum atomic E-state index is 11.5.